The zero-order chi connectivity index (χ0) is 19.9. The molecule has 0 unspecified atom stereocenters. The first-order valence-corrected chi connectivity index (χ1v) is 9.91. The normalized spacial score (nSPS) is 10.2. The Kier molecular flexibility index (Phi) is 6.62. The number of carbonyl (C=O) groups is 1. The highest BCUT2D eigenvalue weighted by Crippen LogP contribution is 2.36. The van der Waals surface area contributed by atoms with Crippen LogP contribution in [0, 0.1) is 0 Å². The molecule has 3 rings (SSSR count). The molecular formula is C21H20N2O3S2. The Morgan fingerprint density at radius 2 is 1.79 bits per heavy atom. The van der Waals surface area contributed by atoms with Gasteiger partial charge in [-0.25, -0.2) is 4.79 Å². The summed E-state index contributed by atoms with van der Waals surface area (Å²) < 4.78 is 10.3. The van der Waals surface area contributed by atoms with Crippen LogP contribution in [0.3, 0.4) is 0 Å². The van der Waals surface area contributed by atoms with Crippen molar-refractivity contribution in [1.29, 1.82) is 0 Å². The monoisotopic (exact) mass is 412 g/mol. The largest absolute Gasteiger partial charge is 0.494 e. The van der Waals surface area contributed by atoms with Crippen molar-refractivity contribution in [3.8, 4) is 16.2 Å². The quantitative estimate of drug-likeness (QED) is 0.417. The highest BCUT2D eigenvalue weighted by atomic mass is 32.1. The second kappa shape index (κ2) is 9.34. The third kappa shape index (κ3) is 4.88. The number of ether oxygens (including phenoxy) is 2. The molecular weight excluding hydrogens is 392 g/mol. The maximum atomic E-state index is 12.2. The Bertz CT molecular complexity index is 954. The summed E-state index contributed by atoms with van der Waals surface area (Å²) in [6.07, 6.45) is 0. The predicted molar refractivity (Wildman–Crippen MR) is 119 cm³/mol. The van der Waals surface area contributed by atoms with Crippen molar-refractivity contribution < 1.29 is 14.3 Å². The molecule has 0 saturated heterocycles. The molecule has 0 aliphatic carbocycles. The predicted octanol–water partition coefficient (Wildman–Crippen LogP) is 5.41. The fraction of sp³-hybridized carbons (Fsp3) is 0.143. The van der Waals surface area contributed by atoms with E-state index < -0.39 is 5.97 Å². The first-order valence-electron chi connectivity index (χ1n) is 8.69. The number of esters is 1. The Balaban J connectivity index is 1.77. The van der Waals surface area contributed by atoms with Gasteiger partial charge in [-0.2, -0.15) is 0 Å². The molecule has 0 radical (unpaired) electrons. The van der Waals surface area contributed by atoms with Crippen LogP contribution in [0.1, 0.15) is 17.3 Å². The van der Waals surface area contributed by atoms with E-state index in [9.17, 15) is 4.79 Å². The molecule has 0 aliphatic heterocycles. The lowest BCUT2D eigenvalue weighted by Gasteiger charge is -2.11. The second-order valence-electron chi connectivity index (χ2n) is 5.75. The summed E-state index contributed by atoms with van der Waals surface area (Å²) in [7, 11) is 1.36. The Labute approximate surface area is 173 Å². The van der Waals surface area contributed by atoms with Crippen LogP contribution in [0.25, 0.3) is 10.4 Å². The summed E-state index contributed by atoms with van der Waals surface area (Å²) >= 11 is 6.86. The van der Waals surface area contributed by atoms with Crippen LogP contribution in [0.15, 0.2) is 60.7 Å². The number of methoxy groups -OCH3 is 1. The van der Waals surface area contributed by atoms with Gasteiger partial charge in [0.05, 0.1) is 19.3 Å². The van der Waals surface area contributed by atoms with E-state index in [0.29, 0.717) is 22.3 Å². The van der Waals surface area contributed by atoms with E-state index in [1.807, 2.05) is 67.6 Å². The SMILES string of the molecule is CCOc1ccc(NC(=S)Nc2sc(-c3ccccc3)cc2C(=O)OC)cc1. The molecule has 0 saturated carbocycles. The number of thiocarbonyl (C=S) groups is 1. The maximum Gasteiger partial charge on any atom is 0.340 e. The average molecular weight is 413 g/mol. The number of nitrogens with one attached hydrogen (secondary N) is 2. The van der Waals surface area contributed by atoms with E-state index in [-0.39, 0.29) is 0 Å². The number of carbonyl (C=O) groups excluding carboxylic acids is 1. The molecule has 5 nitrogen and oxygen atoms in total. The standard InChI is InChI=1S/C21H20N2O3S2/c1-3-26-16-11-9-15(10-12-16)22-21(27)23-19-17(20(24)25-2)13-18(28-19)14-7-5-4-6-8-14/h4-13H,3H2,1-2H3,(H2,22,23,27). The summed E-state index contributed by atoms with van der Waals surface area (Å²) in [4.78, 5) is 13.1. The molecule has 144 valence electrons. The molecule has 1 heterocycles. The first-order chi connectivity index (χ1) is 13.6. The zero-order valence-corrected chi connectivity index (χ0v) is 17.2. The molecule has 0 spiro atoms. The summed E-state index contributed by atoms with van der Waals surface area (Å²) in [5, 5.41) is 7.24. The van der Waals surface area contributed by atoms with Gasteiger partial charge in [0.25, 0.3) is 0 Å². The van der Waals surface area contributed by atoms with Crippen molar-refractivity contribution in [2.45, 2.75) is 6.92 Å². The lowest BCUT2D eigenvalue weighted by atomic mass is 10.1. The molecule has 0 amide bonds. The van der Waals surface area contributed by atoms with Gasteiger partial charge in [-0.1, -0.05) is 30.3 Å². The Hall–Kier alpha value is -2.90. The van der Waals surface area contributed by atoms with Crippen LogP contribution >= 0.6 is 23.6 Å². The van der Waals surface area contributed by atoms with Gasteiger partial charge >= 0.3 is 5.97 Å². The lowest BCUT2D eigenvalue weighted by Crippen LogP contribution is -2.19. The van der Waals surface area contributed by atoms with E-state index in [0.717, 1.165) is 21.9 Å². The van der Waals surface area contributed by atoms with Crippen LogP contribution in [0.5, 0.6) is 5.75 Å². The van der Waals surface area contributed by atoms with Gasteiger partial charge in [0, 0.05) is 10.6 Å². The molecule has 0 fully saturated rings. The average Bonchev–Trinajstić information content (AvgIpc) is 3.13. The van der Waals surface area contributed by atoms with Gasteiger partial charge in [0.1, 0.15) is 10.8 Å². The molecule has 0 atom stereocenters. The number of anilines is 2. The number of benzene rings is 2. The zero-order valence-electron chi connectivity index (χ0n) is 15.5. The lowest BCUT2D eigenvalue weighted by molar-refractivity contribution is 0.0602. The highest BCUT2D eigenvalue weighted by Gasteiger charge is 2.18. The summed E-state index contributed by atoms with van der Waals surface area (Å²) in [5.74, 6) is 0.385. The second-order valence-corrected chi connectivity index (χ2v) is 7.21. The van der Waals surface area contributed by atoms with Crippen molar-refractivity contribution in [1.82, 2.24) is 0 Å². The van der Waals surface area contributed by atoms with Crippen molar-refractivity contribution in [2.24, 2.45) is 0 Å². The molecule has 7 heteroatoms. The molecule has 0 bridgehead atoms. The molecule has 3 aromatic rings. The summed E-state index contributed by atoms with van der Waals surface area (Å²) in [6, 6.07) is 19.2. The van der Waals surface area contributed by atoms with E-state index in [1.54, 1.807) is 0 Å². The van der Waals surface area contributed by atoms with Crippen LogP contribution < -0.4 is 15.4 Å². The van der Waals surface area contributed by atoms with Crippen molar-refractivity contribution in [3.05, 3.63) is 66.2 Å². The molecule has 1 aromatic heterocycles. The van der Waals surface area contributed by atoms with E-state index in [1.165, 1.54) is 18.4 Å². The number of hydrogen-bond donors (Lipinski definition) is 2. The van der Waals surface area contributed by atoms with Crippen LogP contribution in [-0.4, -0.2) is 24.8 Å². The summed E-state index contributed by atoms with van der Waals surface area (Å²) in [5.41, 5.74) is 2.29. The number of thiophene rings is 1. The number of hydrogen-bond acceptors (Lipinski definition) is 5. The van der Waals surface area contributed by atoms with Crippen molar-refractivity contribution in [3.63, 3.8) is 0 Å². The molecule has 2 aromatic carbocycles. The van der Waals surface area contributed by atoms with Crippen LogP contribution in [0.2, 0.25) is 0 Å². The van der Waals surface area contributed by atoms with Crippen LogP contribution in [0.4, 0.5) is 10.7 Å². The third-order valence-corrected chi connectivity index (χ3v) is 5.15. The van der Waals surface area contributed by atoms with Gasteiger partial charge in [0.15, 0.2) is 5.11 Å². The minimum Gasteiger partial charge on any atom is -0.494 e. The van der Waals surface area contributed by atoms with E-state index in [4.69, 9.17) is 21.7 Å². The van der Waals surface area contributed by atoms with E-state index >= 15 is 0 Å². The topological polar surface area (TPSA) is 59.6 Å². The molecule has 28 heavy (non-hydrogen) atoms. The third-order valence-electron chi connectivity index (χ3n) is 3.85. The first kappa shape index (κ1) is 19.9. The van der Waals surface area contributed by atoms with Crippen molar-refractivity contribution >= 4 is 45.3 Å². The van der Waals surface area contributed by atoms with Gasteiger partial charge in [-0.15, -0.1) is 11.3 Å². The maximum absolute atomic E-state index is 12.2. The minimum atomic E-state index is -0.412. The minimum absolute atomic E-state index is 0.385. The summed E-state index contributed by atoms with van der Waals surface area (Å²) in [6.45, 7) is 2.56. The molecule has 2 N–H and O–H groups in total. The highest BCUT2D eigenvalue weighted by molar-refractivity contribution is 7.80. The Morgan fingerprint density at radius 3 is 2.43 bits per heavy atom. The fourth-order valence-electron chi connectivity index (χ4n) is 2.56. The Morgan fingerprint density at radius 1 is 1.07 bits per heavy atom. The van der Waals surface area contributed by atoms with E-state index in [2.05, 4.69) is 10.6 Å². The van der Waals surface area contributed by atoms with Gasteiger partial charge in [-0.05, 0) is 55.0 Å². The number of rotatable bonds is 6. The fourth-order valence-corrected chi connectivity index (χ4v) is 3.90. The van der Waals surface area contributed by atoms with Gasteiger partial charge < -0.3 is 20.1 Å². The van der Waals surface area contributed by atoms with Crippen molar-refractivity contribution in [2.75, 3.05) is 24.4 Å². The smallest absolute Gasteiger partial charge is 0.340 e. The molecule has 0 aliphatic rings. The van der Waals surface area contributed by atoms with Gasteiger partial charge in [-0.3, -0.25) is 0 Å². The van der Waals surface area contributed by atoms with Crippen LogP contribution in [-0.2, 0) is 4.74 Å². The van der Waals surface area contributed by atoms with Gasteiger partial charge in [0.2, 0.25) is 0 Å².